The number of nitrogens with one attached hydrogen (secondary N) is 1. The summed E-state index contributed by atoms with van der Waals surface area (Å²) in [7, 11) is 3.13. The van der Waals surface area contributed by atoms with E-state index in [0.29, 0.717) is 19.6 Å². The molecular formula is C9H18N2O4. The third-order valence-electron chi connectivity index (χ3n) is 1.98. The van der Waals surface area contributed by atoms with Crippen LogP contribution < -0.4 is 5.32 Å². The smallest absolute Gasteiger partial charge is 0.326 e. The lowest BCUT2D eigenvalue weighted by atomic mass is 10.2. The third kappa shape index (κ3) is 5.21. The Labute approximate surface area is 89.2 Å². The van der Waals surface area contributed by atoms with Crippen molar-refractivity contribution in [1.29, 1.82) is 0 Å². The van der Waals surface area contributed by atoms with Crippen LogP contribution in [0.15, 0.2) is 0 Å². The highest BCUT2D eigenvalue weighted by atomic mass is 16.5. The quantitative estimate of drug-likeness (QED) is 0.664. The van der Waals surface area contributed by atoms with Gasteiger partial charge in [-0.1, -0.05) is 6.92 Å². The number of nitrogens with zero attached hydrogens (tertiary/aromatic N) is 1. The fourth-order valence-electron chi connectivity index (χ4n) is 0.927. The van der Waals surface area contributed by atoms with Gasteiger partial charge in [-0.3, -0.25) is 0 Å². The molecule has 0 fully saturated rings. The molecule has 0 rings (SSSR count). The van der Waals surface area contributed by atoms with Gasteiger partial charge in [-0.15, -0.1) is 0 Å². The van der Waals surface area contributed by atoms with Crippen LogP contribution in [0.5, 0.6) is 0 Å². The number of hydrogen-bond donors (Lipinski definition) is 2. The van der Waals surface area contributed by atoms with Gasteiger partial charge in [-0.25, -0.2) is 9.59 Å². The lowest BCUT2D eigenvalue weighted by molar-refractivity contribution is -0.139. The van der Waals surface area contributed by atoms with Gasteiger partial charge < -0.3 is 20.1 Å². The zero-order valence-corrected chi connectivity index (χ0v) is 9.32. The second kappa shape index (κ2) is 7.05. The predicted molar refractivity (Wildman–Crippen MR) is 54.8 cm³/mol. The van der Waals surface area contributed by atoms with E-state index >= 15 is 0 Å². The van der Waals surface area contributed by atoms with Crippen LogP contribution >= 0.6 is 0 Å². The molecule has 15 heavy (non-hydrogen) atoms. The number of carbonyl (C=O) groups is 2. The standard InChI is InChI=1S/C9H18N2O4/c1-4-7(8(12)13)10-9(14)11(2)5-6-15-3/h7H,4-6H2,1-3H3,(H,10,14)(H,12,13). The molecule has 0 aliphatic heterocycles. The molecule has 0 spiro atoms. The molecular weight excluding hydrogens is 200 g/mol. The number of urea groups is 1. The molecule has 0 aromatic carbocycles. The molecule has 0 radical (unpaired) electrons. The average Bonchev–Trinajstić information content (AvgIpc) is 2.21. The number of carboxylic acids is 1. The van der Waals surface area contributed by atoms with Crippen LogP contribution in [-0.4, -0.2) is 55.4 Å². The summed E-state index contributed by atoms with van der Waals surface area (Å²) in [6, 6.07) is -1.23. The first-order chi connectivity index (χ1) is 7.02. The SMILES string of the molecule is CCC(NC(=O)N(C)CCOC)C(=O)O. The van der Waals surface area contributed by atoms with Gasteiger partial charge in [0, 0.05) is 20.7 Å². The van der Waals surface area contributed by atoms with Gasteiger partial charge in [-0.05, 0) is 6.42 Å². The summed E-state index contributed by atoms with van der Waals surface area (Å²) in [4.78, 5) is 23.4. The van der Waals surface area contributed by atoms with Gasteiger partial charge in [0.15, 0.2) is 0 Å². The summed E-state index contributed by atoms with van der Waals surface area (Å²) in [6.45, 7) is 2.56. The first kappa shape index (κ1) is 13.7. The van der Waals surface area contributed by atoms with Gasteiger partial charge in [0.25, 0.3) is 0 Å². The second-order valence-corrected chi connectivity index (χ2v) is 3.16. The van der Waals surface area contributed by atoms with Gasteiger partial charge in [0.2, 0.25) is 0 Å². The molecule has 0 aliphatic rings. The number of carbonyl (C=O) groups excluding carboxylic acids is 1. The Morgan fingerprint density at radius 2 is 2.13 bits per heavy atom. The van der Waals surface area contributed by atoms with E-state index in [9.17, 15) is 9.59 Å². The molecule has 0 saturated carbocycles. The molecule has 0 aliphatic carbocycles. The van der Waals surface area contributed by atoms with Crippen molar-refractivity contribution < 1.29 is 19.4 Å². The highest BCUT2D eigenvalue weighted by Gasteiger charge is 2.19. The fraction of sp³-hybridized carbons (Fsp3) is 0.778. The molecule has 6 nitrogen and oxygen atoms in total. The third-order valence-corrected chi connectivity index (χ3v) is 1.98. The van der Waals surface area contributed by atoms with E-state index in [2.05, 4.69) is 5.32 Å². The van der Waals surface area contributed by atoms with Gasteiger partial charge in [0.1, 0.15) is 6.04 Å². The molecule has 6 heteroatoms. The van der Waals surface area contributed by atoms with Crippen LogP contribution in [0.4, 0.5) is 4.79 Å². The molecule has 88 valence electrons. The Kier molecular flexibility index (Phi) is 6.44. The number of methoxy groups -OCH3 is 1. The fourth-order valence-corrected chi connectivity index (χ4v) is 0.927. The molecule has 0 aromatic rings. The van der Waals surface area contributed by atoms with Crippen molar-refractivity contribution in [2.75, 3.05) is 27.3 Å². The number of aliphatic carboxylic acids is 1. The van der Waals surface area contributed by atoms with Crippen LogP contribution in [0.2, 0.25) is 0 Å². The van der Waals surface area contributed by atoms with Gasteiger partial charge >= 0.3 is 12.0 Å². The molecule has 1 atom stereocenters. The van der Waals surface area contributed by atoms with E-state index in [-0.39, 0.29) is 0 Å². The van der Waals surface area contributed by atoms with Crippen molar-refractivity contribution in [2.45, 2.75) is 19.4 Å². The van der Waals surface area contributed by atoms with E-state index in [1.54, 1.807) is 14.0 Å². The molecule has 2 amide bonds. The first-order valence-electron chi connectivity index (χ1n) is 4.76. The largest absolute Gasteiger partial charge is 0.480 e. The Hall–Kier alpha value is -1.30. The van der Waals surface area contributed by atoms with E-state index < -0.39 is 18.0 Å². The summed E-state index contributed by atoms with van der Waals surface area (Å²) < 4.78 is 4.80. The van der Waals surface area contributed by atoms with E-state index in [4.69, 9.17) is 9.84 Å². The lowest BCUT2D eigenvalue weighted by Crippen LogP contribution is -2.47. The Bertz CT molecular complexity index is 220. The normalized spacial score (nSPS) is 11.9. The number of rotatable bonds is 6. The van der Waals surface area contributed by atoms with Crippen molar-refractivity contribution in [2.24, 2.45) is 0 Å². The van der Waals surface area contributed by atoms with Crippen molar-refractivity contribution in [1.82, 2.24) is 10.2 Å². The molecule has 2 N–H and O–H groups in total. The zero-order chi connectivity index (χ0) is 11.8. The summed E-state index contributed by atoms with van der Waals surface area (Å²) in [5.74, 6) is -1.02. The maximum absolute atomic E-state index is 11.4. The van der Waals surface area contributed by atoms with Crippen LogP contribution in [0, 0.1) is 0 Å². The van der Waals surface area contributed by atoms with Crippen LogP contribution in [0.3, 0.4) is 0 Å². The number of amides is 2. The van der Waals surface area contributed by atoms with Crippen LogP contribution in [0.25, 0.3) is 0 Å². The zero-order valence-electron chi connectivity index (χ0n) is 9.32. The molecule has 0 heterocycles. The lowest BCUT2D eigenvalue weighted by Gasteiger charge is -2.20. The first-order valence-corrected chi connectivity index (χ1v) is 4.76. The number of likely N-dealkylation sites (N-methyl/N-ethyl adjacent to an activating group) is 1. The van der Waals surface area contributed by atoms with Crippen molar-refractivity contribution in [3.05, 3.63) is 0 Å². The minimum Gasteiger partial charge on any atom is -0.480 e. The monoisotopic (exact) mass is 218 g/mol. The Balaban J connectivity index is 4.04. The second-order valence-electron chi connectivity index (χ2n) is 3.16. The minimum atomic E-state index is -1.02. The number of ether oxygens (including phenoxy) is 1. The van der Waals surface area contributed by atoms with Crippen molar-refractivity contribution in [3.8, 4) is 0 Å². The summed E-state index contributed by atoms with van der Waals surface area (Å²) in [5.41, 5.74) is 0. The topological polar surface area (TPSA) is 78.9 Å². The highest BCUT2D eigenvalue weighted by molar-refractivity contribution is 5.82. The average molecular weight is 218 g/mol. The van der Waals surface area contributed by atoms with E-state index in [1.165, 1.54) is 12.0 Å². The predicted octanol–water partition coefficient (Wildman–Crippen LogP) is 0.137. The maximum atomic E-state index is 11.4. The summed E-state index contributed by atoms with van der Waals surface area (Å²) in [6.07, 6.45) is 0.360. The van der Waals surface area contributed by atoms with Crippen molar-refractivity contribution >= 4 is 12.0 Å². The van der Waals surface area contributed by atoms with Crippen LogP contribution in [-0.2, 0) is 9.53 Å². The molecule has 0 saturated heterocycles. The molecule has 0 aromatic heterocycles. The van der Waals surface area contributed by atoms with Crippen LogP contribution in [0.1, 0.15) is 13.3 Å². The summed E-state index contributed by atoms with van der Waals surface area (Å²) >= 11 is 0. The van der Waals surface area contributed by atoms with E-state index in [0.717, 1.165) is 0 Å². The Morgan fingerprint density at radius 1 is 1.53 bits per heavy atom. The van der Waals surface area contributed by atoms with Gasteiger partial charge in [-0.2, -0.15) is 0 Å². The number of carboxylic acid groups (broad SMARTS) is 1. The van der Waals surface area contributed by atoms with Crippen molar-refractivity contribution in [3.63, 3.8) is 0 Å². The minimum absolute atomic E-state index is 0.360. The number of hydrogen-bond acceptors (Lipinski definition) is 3. The summed E-state index contributed by atoms with van der Waals surface area (Å²) in [5, 5.41) is 11.1. The Morgan fingerprint density at radius 3 is 2.53 bits per heavy atom. The maximum Gasteiger partial charge on any atom is 0.326 e. The van der Waals surface area contributed by atoms with E-state index in [1.807, 2.05) is 0 Å². The highest BCUT2D eigenvalue weighted by Crippen LogP contribution is 1.93. The molecule has 0 bridgehead atoms. The van der Waals surface area contributed by atoms with Gasteiger partial charge in [0.05, 0.1) is 6.61 Å². The molecule has 1 unspecified atom stereocenters.